The molecule has 0 bridgehead atoms. The third-order valence-electron chi connectivity index (χ3n) is 5.33. The Morgan fingerprint density at radius 2 is 1.93 bits per heavy atom. The normalized spacial score (nSPS) is 21.6. The molecule has 160 valence electrons. The number of ether oxygens (including phenoxy) is 2. The van der Waals surface area contributed by atoms with Gasteiger partial charge in [0.15, 0.2) is 0 Å². The van der Waals surface area contributed by atoms with Crippen molar-refractivity contribution in [2.75, 3.05) is 51.3 Å². The van der Waals surface area contributed by atoms with Gasteiger partial charge in [-0.2, -0.15) is 0 Å². The second-order valence-electron chi connectivity index (χ2n) is 7.62. The van der Waals surface area contributed by atoms with Gasteiger partial charge in [-0.25, -0.2) is 4.39 Å². The molecule has 2 amide bonds. The third kappa shape index (κ3) is 6.76. The van der Waals surface area contributed by atoms with Crippen LogP contribution in [0, 0.1) is 5.82 Å². The number of piperazine rings is 1. The van der Waals surface area contributed by atoms with Gasteiger partial charge in [-0.3, -0.25) is 14.5 Å². The van der Waals surface area contributed by atoms with Gasteiger partial charge in [-0.15, -0.1) is 0 Å². The van der Waals surface area contributed by atoms with Crippen LogP contribution in [0.2, 0.25) is 0 Å². The highest BCUT2D eigenvalue weighted by Gasteiger charge is 2.27. The topological polar surface area (TPSA) is 71.1 Å². The minimum atomic E-state index is -0.492. The molecule has 7 nitrogen and oxygen atoms in total. The van der Waals surface area contributed by atoms with Gasteiger partial charge in [0, 0.05) is 38.5 Å². The van der Waals surface area contributed by atoms with E-state index in [4.69, 9.17) is 9.47 Å². The number of amides is 2. The number of hydrogen-bond acceptors (Lipinski definition) is 5. The highest BCUT2D eigenvalue weighted by Crippen LogP contribution is 2.14. The van der Waals surface area contributed by atoms with Gasteiger partial charge < -0.3 is 19.7 Å². The lowest BCUT2D eigenvalue weighted by Gasteiger charge is -2.35. The first kappa shape index (κ1) is 21.7. The minimum absolute atomic E-state index is 0.0174. The zero-order valence-corrected chi connectivity index (χ0v) is 16.9. The third-order valence-corrected chi connectivity index (χ3v) is 5.33. The smallest absolute Gasteiger partial charge is 0.251 e. The van der Waals surface area contributed by atoms with E-state index in [2.05, 4.69) is 5.32 Å². The molecule has 0 aliphatic carbocycles. The van der Waals surface area contributed by atoms with Crippen molar-refractivity contribution < 1.29 is 23.5 Å². The molecule has 1 aromatic carbocycles. The Labute approximate surface area is 171 Å². The molecule has 0 aromatic heterocycles. The number of anilines is 1. The number of carbonyl (C=O) groups is 2. The molecule has 8 heteroatoms. The summed E-state index contributed by atoms with van der Waals surface area (Å²) in [5.41, 5.74) is 0.568. The number of benzene rings is 1. The molecule has 2 fully saturated rings. The van der Waals surface area contributed by atoms with Crippen LogP contribution in [0.5, 0.6) is 0 Å². The molecular weight excluding hydrogens is 377 g/mol. The molecular formula is C21H30FN3O4. The van der Waals surface area contributed by atoms with Gasteiger partial charge in [-0.05, 0) is 50.5 Å². The number of nitrogens with one attached hydrogen (secondary N) is 1. The summed E-state index contributed by atoms with van der Waals surface area (Å²) in [5.74, 6) is -0.509. The van der Waals surface area contributed by atoms with Gasteiger partial charge in [0.2, 0.25) is 5.91 Å². The van der Waals surface area contributed by atoms with Crippen LogP contribution in [0.4, 0.5) is 10.1 Å². The summed E-state index contributed by atoms with van der Waals surface area (Å²) in [6, 6.07) is 5.68. The molecule has 2 heterocycles. The van der Waals surface area contributed by atoms with Crippen LogP contribution in [0.1, 0.15) is 26.2 Å². The van der Waals surface area contributed by atoms with E-state index in [9.17, 15) is 14.0 Å². The van der Waals surface area contributed by atoms with Gasteiger partial charge in [0.25, 0.3) is 5.91 Å². The number of rotatable bonds is 7. The number of halogens is 1. The largest absolute Gasteiger partial charge is 0.376 e. The lowest BCUT2D eigenvalue weighted by atomic mass is 10.1. The van der Waals surface area contributed by atoms with Crippen LogP contribution < -0.4 is 5.32 Å². The monoisotopic (exact) mass is 407 g/mol. The maximum Gasteiger partial charge on any atom is 0.251 e. The Morgan fingerprint density at radius 3 is 2.59 bits per heavy atom. The Hall–Kier alpha value is -2.03. The Kier molecular flexibility index (Phi) is 7.97. The number of carbonyl (C=O) groups excluding carboxylic acids is 2. The predicted octanol–water partition coefficient (Wildman–Crippen LogP) is 1.88. The van der Waals surface area contributed by atoms with Crippen molar-refractivity contribution in [1.82, 2.24) is 9.80 Å². The maximum atomic E-state index is 12.9. The highest BCUT2D eigenvalue weighted by atomic mass is 19.1. The fourth-order valence-corrected chi connectivity index (χ4v) is 3.58. The van der Waals surface area contributed by atoms with Crippen molar-refractivity contribution >= 4 is 17.5 Å². The molecule has 29 heavy (non-hydrogen) atoms. The molecule has 2 aliphatic rings. The van der Waals surface area contributed by atoms with Crippen molar-refractivity contribution in [2.45, 2.75) is 38.4 Å². The molecule has 2 atom stereocenters. The van der Waals surface area contributed by atoms with Crippen LogP contribution in [-0.4, -0.2) is 79.8 Å². The van der Waals surface area contributed by atoms with E-state index in [0.717, 1.165) is 25.9 Å². The van der Waals surface area contributed by atoms with Crippen molar-refractivity contribution in [3.05, 3.63) is 30.1 Å². The maximum absolute atomic E-state index is 12.9. The van der Waals surface area contributed by atoms with Crippen molar-refractivity contribution in [3.63, 3.8) is 0 Å². The second-order valence-corrected chi connectivity index (χ2v) is 7.62. The van der Waals surface area contributed by atoms with Crippen molar-refractivity contribution in [1.29, 1.82) is 0 Å². The van der Waals surface area contributed by atoms with Gasteiger partial charge in [0.05, 0.1) is 19.3 Å². The summed E-state index contributed by atoms with van der Waals surface area (Å²) in [6.45, 7) is 5.64. The Bertz CT molecular complexity index is 671. The predicted molar refractivity (Wildman–Crippen MR) is 107 cm³/mol. The van der Waals surface area contributed by atoms with Crippen LogP contribution in [0.3, 0.4) is 0 Å². The first-order valence-electron chi connectivity index (χ1n) is 10.3. The minimum Gasteiger partial charge on any atom is -0.376 e. The fourth-order valence-electron chi connectivity index (χ4n) is 3.58. The first-order chi connectivity index (χ1) is 14.0. The second kappa shape index (κ2) is 10.7. The highest BCUT2D eigenvalue weighted by molar-refractivity contribution is 5.92. The summed E-state index contributed by atoms with van der Waals surface area (Å²) in [7, 11) is 0. The van der Waals surface area contributed by atoms with E-state index in [-0.39, 0.29) is 30.3 Å². The van der Waals surface area contributed by atoms with Gasteiger partial charge in [-0.1, -0.05) is 0 Å². The van der Waals surface area contributed by atoms with Crippen LogP contribution in [0.15, 0.2) is 24.3 Å². The SMILES string of the molecule is CC(OCC1CCCCO1)C(=O)N1CCN(CC(=O)Nc2ccc(F)cc2)CC1. The zero-order chi connectivity index (χ0) is 20.6. The van der Waals surface area contributed by atoms with Crippen molar-refractivity contribution in [3.8, 4) is 0 Å². The molecule has 0 radical (unpaired) electrons. The number of nitrogens with zero attached hydrogens (tertiary/aromatic N) is 2. The summed E-state index contributed by atoms with van der Waals surface area (Å²) >= 11 is 0. The summed E-state index contributed by atoms with van der Waals surface area (Å²) in [4.78, 5) is 28.6. The van der Waals surface area contributed by atoms with E-state index >= 15 is 0 Å². The van der Waals surface area contributed by atoms with Crippen LogP contribution in [0.25, 0.3) is 0 Å². The van der Waals surface area contributed by atoms with E-state index < -0.39 is 6.10 Å². The van der Waals surface area contributed by atoms with E-state index in [1.807, 2.05) is 4.90 Å². The molecule has 3 rings (SSSR count). The molecule has 2 unspecified atom stereocenters. The van der Waals surface area contributed by atoms with E-state index in [1.54, 1.807) is 11.8 Å². The summed E-state index contributed by atoms with van der Waals surface area (Å²) in [6.07, 6.45) is 2.83. The molecule has 2 aliphatic heterocycles. The van der Waals surface area contributed by atoms with E-state index in [1.165, 1.54) is 24.3 Å². The number of hydrogen-bond donors (Lipinski definition) is 1. The van der Waals surface area contributed by atoms with E-state index in [0.29, 0.717) is 38.5 Å². The molecule has 1 aromatic rings. The first-order valence-corrected chi connectivity index (χ1v) is 10.3. The lowest BCUT2D eigenvalue weighted by Crippen LogP contribution is -2.52. The summed E-state index contributed by atoms with van der Waals surface area (Å²) in [5, 5.41) is 2.76. The fraction of sp³-hybridized carbons (Fsp3) is 0.619. The van der Waals surface area contributed by atoms with Crippen LogP contribution in [-0.2, 0) is 19.1 Å². The van der Waals surface area contributed by atoms with Gasteiger partial charge >= 0.3 is 0 Å². The zero-order valence-electron chi connectivity index (χ0n) is 16.9. The molecule has 1 N–H and O–H groups in total. The Balaban J connectivity index is 1.36. The van der Waals surface area contributed by atoms with Crippen molar-refractivity contribution in [2.24, 2.45) is 0 Å². The molecule has 2 saturated heterocycles. The average molecular weight is 407 g/mol. The summed E-state index contributed by atoms with van der Waals surface area (Å²) < 4.78 is 24.3. The standard InChI is InChI=1S/C21H30FN3O4/c1-16(29-15-19-4-2-3-13-28-19)21(27)25-11-9-24(10-12-25)14-20(26)23-18-7-5-17(22)6-8-18/h5-8,16,19H,2-4,9-15H2,1H3,(H,23,26). The molecule has 0 spiro atoms. The quantitative estimate of drug-likeness (QED) is 0.747. The lowest BCUT2D eigenvalue weighted by molar-refractivity contribution is -0.147. The average Bonchev–Trinajstić information content (AvgIpc) is 2.74. The van der Waals surface area contributed by atoms with Gasteiger partial charge in [0.1, 0.15) is 11.9 Å². The van der Waals surface area contributed by atoms with Crippen LogP contribution >= 0.6 is 0 Å². The molecule has 0 saturated carbocycles. The Morgan fingerprint density at radius 1 is 1.21 bits per heavy atom.